The molecular weight excluding hydrogens is 266 g/mol. The first-order valence-corrected chi connectivity index (χ1v) is 5.99. The predicted octanol–water partition coefficient (Wildman–Crippen LogP) is 3.15. The van der Waals surface area contributed by atoms with E-state index in [1.54, 1.807) is 0 Å². The van der Waals surface area contributed by atoms with E-state index in [0.717, 1.165) is 12.1 Å². The SMILES string of the molecule is CC(C)(C)c1cc(C(=O)O)nn1-c1ccc(F)c(F)c1. The van der Waals surface area contributed by atoms with Gasteiger partial charge in [-0.25, -0.2) is 18.3 Å². The normalized spacial score (nSPS) is 11.7. The highest BCUT2D eigenvalue weighted by molar-refractivity contribution is 5.85. The lowest BCUT2D eigenvalue weighted by Gasteiger charge is -2.20. The van der Waals surface area contributed by atoms with E-state index in [0.29, 0.717) is 5.69 Å². The Morgan fingerprint density at radius 1 is 1.20 bits per heavy atom. The summed E-state index contributed by atoms with van der Waals surface area (Å²) in [6.45, 7) is 5.64. The van der Waals surface area contributed by atoms with E-state index in [9.17, 15) is 13.6 Å². The second-order valence-electron chi connectivity index (χ2n) is 5.48. The molecule has 4 nitrogen and oxygen atoms in total. The molecule has 0 aliphatic heterocycles. The number of carboxylic acid groups (broad SMARTS) is 1. The first-order valence-electron chi connectivity index (χ1n) is 5.99. The van der Waals surface area contributed by atoms with Crippen LogP contribution in [-0.4, -0.2) is 20.9 Å². The van der Waals surface area contributed by atoms with Crippen molar-refractivity contribution in [3.8, 4) is 5.69 Å². The lowest BCUT2D eigenvalue weighted by atomic mass is 9.91. The van der Waals surface area contributed by atoms with E-state index in [1.165, 1.54) is 16.8 Å². The van der Waals surface area contributed by atoms with E-state index in [1.807, 2.05) is 20.8 Å². The molecule has 0 bridgehead atoms. The van der Waals surface area contributed by atoms with Crippen LogP contribution in [0.4, 0.5) is 8.78 Å². The van der Waals surface area contributed by atoms with Gasteiger partial charge in [0.1, 0.15) is 0 Å². The minimum Gasteiger partial charge on any atom is -0.476 e. The Morgan fingerprint density at radius 3 is 2.35 bits per heavy atom. The molecule has 0 aliphatic rings. The molecule has 0 spiro atoms. The summed E-state index contributed by atoms with van der Waals surface area (Å²) >= 11 is 0. The fourth-order valence-corrected chi connectivity index (χ4v) is 1.83. The molecular formula is C14H14F2N2O2. The Kier molecular flexibility index (Phi) is 3.33. The molecule has 0 aliphatic carbocycles. The molecule has 20 heavy (non-hydrogen) atoms. The van der Waals surface area contributed by atoms with Crippen molar-refractivity contribution in [2.45, 2.75) is 26.2 Å². The zero-order valence-electron chi connectivity index (χ0n) is 11.3. The summed E-state index contributed by atoms with van der Waals surface area (Å²) in [6.07, 6.45) is 0. The van der Waals surface area contributed by atoms with Crippen LogP contribution < -0.4 is 0 Å². The van der Waals surface area contributed by atoms with Crippen LogP contribution in [0.2, 0.25) is 0 Å². The number of carbonyl (C=O) groups is 1. The Balaban J connectivity index is 2.65. The lowest BCUT2D eigenvalue weighted by Crippen LogP contribution is -2.17. The zero-order valence-corrected chi connectivity index (χ0v) is 11.3. The van der Waals surface area contributed by atoms with Gasteiger partial charge in [-0.2, -0.15) is 5.10 Å². The highest BCUT2D eigenvalue weighted by Gasteiger charge is 2.24. The van der Waals surface area contributed by atoms with Crippen molar-refractivity contribution in [1.82, 2.24) is 9.78 Å². The van der Waals surface area contributed by atoms with E-state index in [4.69, 9.17) is 5.11 Å². The van der Waals surface area contributed by atoms with Gasteiger partial charge in [-0.05, 0) is 18.2 Å². The quantitative estimate of drug-likeness (QED) is 0.919. The molecule has 2 aromatic rings. The average molecular weight is 280 g/mol. The van der Waals surface area contributed by atoms with Crippen LogP contribution in [0.25, 0.3) is 5.69 Å². The first kappa shape index (κ1) is 14.2. The van der Waals surface area contributed by atoms with Crippen molar-refractivity contribution in [1.29, 1.82) is 0 Å². The summed E-state index contributed by atoms with van der Waals surface area (Å²) in [5, 5.41) is 13.0. The Labute approximate surface area is 114 Å². The molecule has 0 amide bonds. The first-order chi connectivity index (χ1) is 9.20. The van der Waals surface area contributed by atoms with Gasteiger partial charge < -0.3 is 5.11 Å². The summed E-state index contributed by atoms with van der Waals surface area (Å²) in [6, 6.07) is 4.76. The summed E-state index contributed by atoms with van der Waals surface area (Å²) in [5.74, 6) is -3.14. The van der Waals surface area contributed by atoms with Crippen molar-refractivity contribution >= 4 is 5.97 Å². The molecule has 1 N–H and O–H groups in total. The Hall–Kier alpha value is -2.24. The third kappa shape index (κ3) is 2.54. The van der Waals surface area contributed by atoms with E-state index in [-0.39, 0.29) is 11.4 Å². The molecule has 0 unspecified atom stereocenters. The van der Waals surface area contributed by atoms with Gasteiger partial charge in [0.25, 0.3) is 0 Å². The molecule has 0 saturated heterocycles. The highest BCUT2D eigenvalue weighted by Crippen LogP contribution is 2.26. The zero-order chi connectivity index (χ0) is 15.1. The van der Waals surface area contributed by atoms with Crippen LogP contribution in [0.3, 0.4) is 0 Å². The summed E-state index contributed by atoms with van der Waals surface area (Å²) < 4.78 is 27.6. The van der Waals surface area contributed by atoms with E-state index in [2.05, 4.69) is 5.10 Å². The van der Waals surface area contributed by atoms with Crippen LogP contribution in [0.15, 0.2) is 24.3 Å². The van der Waals surface area contributed by atoms with Crippen molar-refractivity contribution in [2.24, 2.45) is 0 Å². The van der Waals surface area contributed by atoms with Crippen LogP contribution in [0.5, 0.6) is 0 Å². The number of aromatic nitrogens is 2. The number of hydrogen-bond donors (Lipinski definition) is 1. The maximum Gasteiger partial charge on any atom is 0.356 e. The minimum atomic E-state index is -1.17. The lowest BCUT2D eigenvalue weighted by molar-refractivity contribution is 0.0690. The second kappa shape index (κ2) is 4.70. The largest absolute Gasteiger partial charge is 0.476 e. The molecule has 0 fully saturated rings. The summed E-state index contributed by atoms with van der Waals surface area (Å²) in [7, 11) is 0. The number of nitrogens with zero attached hydrogens (tertiary/aromatic N) is 2. The Morgan fingerprint density at radius 2 is 1.85 bits per heavy atom. The maximum absolute atomic E-state index is 13.3. The van der Waals surface area contributed by atoms with Gasteiger partial charge in [0.2, 0.25) is 0 Å². The molecule has 106 valence electrons. The number of benzene rings is 1. The van der Waals surface area contributed by atoms with Gasteiger partial charge in [0.15, 0.2) is 17.3 Å². The minimum absolute atomic E-state index is 0.139. The second-order valence-corrected chi connectivity index (χ2v) is 5.48. The number of halogens is 2. The molecule has 0 saturated carbocycles. The monoisotopic (exact) mass is 280 g/mol. The molecule has 0 radical (unpaired) electrons. The third-order valence-corrected chi connectivity index (χ3v) is 2.84. The maximum atomic E-state index is 13.3. The fraction of sp³-hybridized carbons (Fsp3) is 0.286. The van der Waals surface area contributed by atoms with Crippen LogP contribution in [-0.2, 0) is 5.41 Å². The third-order valence-electron chi connectivity index (χ3n) is 2.84. The van der Waals surface area contributed by atoms with Gasteiger partial charge in [-0.3, -0.25) is 0 Å². The Bertz CT molecular complexity index is 672. The van der Waals surface area contributed by atoms with Gasteiger partial charge in [0.05, 0.1) is 11.4 Å². The van der Waals surface area contributed by atoms with Gasteiger partial charge in [0, 0.05) is 11.5 Å². The van der Waals surface area contributed by atoms with E-state index >= 15 is 0 Å². The van der Waals surface area contributed by atoms with Crippen molar-refractivity contribution in [3.05, 3.63) is 47.3 Å². The van der Waals surface area contributed by atoms with Crippen molar-refractivity contribution < 1.29 is 18.7 Å². The highest BCUT2D eigenvalue weighted by atomic mass is 19.2. The molecule has 6 heteroatoms. The van der Waals surface area contributed by atoms with Crippen LogP contribution in [0, 0.1) is 11.6 Å². The fourth-order valence-electron chi connectivity index (χ4n) is 1.83. The molecule has 1 aromatic heterocycles. The standard InChI is InChI=1S/C14H14F2N2O2/c1-14(2,3)12-7-11(13(19)20)17-18(12)8-4-5-9(15)10(16)6-8/h4-7H,1-3H3,(H,19,20). The number of carboxylic acids is 1. The summed E-state index contributed by atoms with van der Waals surface area (Å²) in [5.41, 5.74) is 0.341. The molecule has 0 atom stereocenters. The van der Waals surface area contributed by atoms with Gasteiger partial charge in [-0.15, -0.1) is 0 Å². The average Bonchev–Trinajstić information content (AvgIpc) is 2.77. The topological polar surface area (TPSA) is 55.1 Å². The number of rotatable bonds is 2. The van der Waals surface area contributed by atoms with E-state index < -0.39 is 23.0 Å². The number of hydrogen-bond acceptors (Lipinski definition) is 2. The van der Waals surface area contributed by atoms with Gasteiger partial charge >= 0.3 is 5.97 Å². The predicted molar refractivity (Wildman–Crippen MR) is 69.1 cm³/mol. The number of aromatic carboxylic acids is 1. The van der Waals surface area contributed by atoms with Crippen molar-refractivity contribution in [3.63, 3.8) is 0 Å². The van der Waals surface area contributed by atoms with Crippen LogP contribution >= 0.6 is 0 Å². The smallest absolute Gasteiger partial charge is 0.356 e. The summed E-state index contributed by atoms with van der Waals surface area (Å²) in [4.78, 5) is 11.0. The molecule has 1 aromatic carbocycles. The van der Waals surface area contributed by atoms with Gasteiger partial charge in [-0.1, -0.05) is 20.8 Å². The molecule has 2 rings (SSSR count). The van der Waals surface area contributed by atoms with Crippen LogP contribution in [0.1, 0.15) is 37.0 Å². The molecule has 1 heterocycles. The van der Waals surface area contributed by atoms with Crippen molar-refractivity contribution in [2.75, 3.05) is 0 Å².